The molecule has 0 spiro atoms. The number of aliphatic hydroxyl groups is 1. The number of pyridine rings is 1. The normalized spacial score (nSPS) is 17.2. The van der Waals surface area contributed by atoms with Crippen molar-refractivity contribution in [3.63, 3.8) is 0 Å². The van der Waals surface area contributed by atoms with Crippen molar-refractivity contribution < 1.29 is 23.2 Å². The second-order valence-corrected chi connectivity index (χ2v) is 12.3. The van der Waals surface area contributed by atoms with Crippen LogP contribution in [0.1, 0.15) is 37.3 Å². The first-order chi connectivity index (χ1) is 20.1. The number of sulfonamides is 1. The second-order valence-electron chi connectivity index (χ2n) is 10.4. The van der Waals surface area contributed by atoms with Crippen LogP contribution in [-0.2, 0) is 26.3 Å². The number of β-amino-alcohol motifs (C(OH)–C–C–N with tert-alkyl or cyclic N) is 1. The lowest BCUT2D eigenvalue weighted by Crippen LogP contribution is -2.34. The maximum Gasteiger partial charge on any atom is 0.273 e. The number of benzene rings is 2. The molecule has 3 heterocycles. The van der Waals surface area contributed by atoms with Crippen LogP contribution in [0.2, 0.25) is 0 Å². The average molecular weight is 591 g/mol. The highest BCUT2D eigenvalue weighted by atomic mass is 32.2. The van der Waals surface area contributed by atoms with Gasteiger partial charge in [0, 0.05) is 60.8 Å². The number of hydrogen-bond donors (Lipinski definition) is 3. The Balaban J connectivity index is 1.39. The summed E-state index contributed by atoms with van der Waals surface area (Å²) in [6, 6.07) is 14.3. The first kappa shape index (κ1) is 29.4. The fraction of sp³-hybridized carbons (Fsp3) is 0.300. The molecule has 0 aliphatic carbocycles. The van der Waals surface area contributed by atoms with Crippen LogP contribution >= 0.6 is 0 Å². The minimum absolute atomic E-state index is 0.0508. The number of anilines is 1. The molecule has 5 rings (SSSR count). The van der Waals surface area contributed by atoms with Crippen molar-refractivity contribution >= 4 is 39.2 Å². The van der Waals surface area contributed by atoms with Crippen molar-refractivity contribution in [2.75, 3.05) is 25.4 Å². The second kappa shape index (κ2) is 12.4. The van der Waals surface area contributed by atoms with Gasteiger partial charge in [0.15, 0.2) is 0 Å². The summed E-state index contributed by atoms with van der Waals surface area (Å²) in [6.45, 7) is 2.90. The first-order valence-electron chi connectivity index (χ1n) is 13.7. The molecule has 3 aromatic rings. The van der Waals surface area contributed by atoms with E-state index in [9.17, 15) is 18.3 Å². The molecule has 0 bridgehead atoms. The molecule has 0 radical (unpaired) electrons. The fourth-order valence-corrected chi connectivity index (χ4v) is 6.34. The summed E-state index contributed by atoms with van der Waals surface area (Å²) < 4.78 is 27.5. The van der Waals surface area contributed by atoms with Gasteiger partial charge < -0.3 is 16.6 Å². The van der Waals surface area contributed by atoms with E-state index in [-0.39, 0.29) is 42.8 Å². The van der Waals surface area contributed by atoms with Crippen molar-refractivity contribution in [3.8, 4) is 11.1 Å². The van der Waals surface area contributed by atoms with Gasteiger partial charge in [-0.25, -0.2) is 18.5 Å². The lowest BCUT2D eigenvalue weighted by Gasteiger charge is -2.22. The van der Waals surface area contributed by atoms with Gasteiger partial charge in [0.25, 0.3) is 5.91 Å². The van der Waals surface area contributed by atoms with Crippen LogP contribution < -0.4 is 11.5 Å². The van der Waals surface area contributed by atoms with E-state index in [4.69, 9.17) is 16.3 Å². The van der Waals surface area contributed by atoms with Crippen molar-refractivity contribution in [1.82, 2.24) is 14.4 Å². The Labute approximate surface area is 245 Å². The number of nitrogen functional groups attached to an aromatic ring is 1. The molecule has 2 aromatic carbocycles. The smallest absolute Gasteiger partial charge is 0.273 e. The van der Waals surface area contributed by atoms with Gasteiger partial charge in [0.1, 0.15) is 17.3 Å². The minimum Gasteiger partial charge on any atom is -0.399 e. The zero-order valence-corrected chi connectivity index (χ0v) is 24.1. The molecular weight excluding hydrogens is 556 g/mol. The summed E-state index contributed by atoms with van der Waals surface area (Å²) in [5, 5.41) is 11.2. The quantitative estimate of drug-likeness (QED) is 0.252. The van der Waals surface area contributed by atoms with Crippen LogP contribution in [0.25, 0.3) is 17.2 Å². The molecule has 1 saturated heterocycles. The molecular formula is C30H34N6O5S. The topological polar surface area (TPSA) is 164 Å². The Bertz CT molecular complexity index is 1640. The molecule has 1 aromatic heterocycles. The maximum absolute atomic E-state index is 13.5. The molecule has 2 aliphatic rings. The standard InChI is InChI=1S/C30H34N6O5S/c1-2-10-36(41-19-20-3-7-25(31)8-4-20)30(38)23-12-22-6-5-21(14-28(22)34-29(32)15-23)24-13-27(17-33-16-24)42(39,40)35-11-9-26(37)18-35/h3-8,12-14,16-17,26,37H,2,9-11,15,18-19,31H2,1H3,(H2,32,34)/t26-/m0/s1. The van der Waals surface area contributed by atoms with E-state index in [1.165, 1.54) is 15.6 Å². The van der Waals surface area contributed by atoms with Crippen LogP contribution in [0.3, 0.4) is 0 Å². The third-order valence-corrected chi connectivity index (χ3v) is 8.93. The van der Waals surface area contributed by atoms with Gasteiger partial charge in [-0.15, -0.1) is 0 Å². The van der Waals surface area contributed by atoms with Gasteiger partial charge >= 0.3 is 0 Å². The Morgan fingerprint density at radius 1 is 1.12 bits per heavy atom. The van der Waals surface area contributed by atoms with Gasteiger partial charge in [-0.1, -0.05) is 31.2 Å². The van der Waals surface area contributed by atoms with Crippen LogP contribution in [0.5, 0.6) is 0 Å². The number of amides is 1. The van der Waals surface area contributed by atoms with Gasteiger partial charge in [-0.05, 0) is 54.3 Å². The van der Waals surface area contributed by atoms with Gasteiger partial charge in [-0.2, -0.15) is 4.31 Å². The van der Waals surface area contributed by atoms with Gasteiger partial charge in [0.05, 0.1) is 11.8 Å². The number of aliphatic imine (C=N–C) groups is 1. The van der Waals surface area contributed by atoms with Crippen LogP contribution in [0.15, 0.2) is 76.4 Å². The highest BCUT2D eigenvalue weighted by Gasteiger charge is 2.32. The number of carbonyl (C=O) groups is 1. The van der Waals surface area contributed by atoms with Crippen molar-refractivity contribution in [3.05, 3.63) is 77.6 Å². The summed E-state index contributed by atoms with van der Waals surface area (Å²) in [7, 11) is -3.79. The van der Waals surface area contributed by atoms with Crippen molar-refractivity contribution in [2.45, 2.75) is 43.8 Å². The Kier molecular flexibility index (Phi) is 8.69. The molecule has 12 heteroatoms. The number of hydrogen-bond acceptors (Lipinski definition) is 9. The number of hydroxylamine groups is 2. The number of aromatic nitrogens is 1. The Hall–Kier alpha value is -4.10. The number of fused-ring (bicyclic) bond motifs is 1. The molecule has 1 atom stereocenters. The van der Waals surface area contributed by atoms with Crippen LogP contribution in [0, 0.1) is 0 Å². The first-order valence-corrected chi connectivity index (χ1v) is 15.2. The SMILES string of the molecule is CCCN(OCc1ccc(N)cc1)C(=O)C1=Cc2ccc(-c3cncc(S(=O)(=O)N4CC[C@H](O)C4)c3)cc2N=C(N)C1. The van der Waals surface area contributed by atoms with E-state index >= 15 is 0 Å². The predicted molar refractivity (Wildman–Crippen MR) is 161 cm³/mol. The number of amidine groups is 1. The van der Waals surface area contributed by atoms with Crippen molar-refractivity contribution in [2.24, 2.45) is 10.7 Å². The number of nitrogens with two attached hydrogens (primary N) is 2. The third kappa shape index (κ3) is 6.52. The molecule has 11 nitrogen and oxygen atoms in total. The molecule has 5 N–H and O–H groups in total. The van der Waals surface area contributed by atoms with E-state index in [1.807, 2.05) is 31.2 Å². The van der Waals surface area contributed by atoms with E-state index in [0.717, 1.165) is 5.56 Å². The van der Waals surface area contributed by atoms with E-state index in [2.05, 4.69) is 9.98 Å². The number of nitrogens with zero attached hydrogens (tertiary/aromatic N) is 4. The van der Waals surface area contributed by atoms with E-state index in [0.29, 0.717) is 53.0 Å². The Morgan fingerprint density at radius 2 is 1.90 bits per heavy atom. The summed E-state index contributed by atoms with van der Waals surface area (Å²) in [4.78, 5) is 28.2. The summed E-state index contributed by atoms with van der Waals surface area (Å²) in [5.74, 6) is -0.0287. The van der Waals surface area contributed by atoms with Gasteiger partial charge in [-0.3, -0.25) is 14.6 Å². The molecule has 1 fully saturated rings. The third-order valence-electron chi connectivity index (χ3n) is 7.10. The minimum atomic E-state index is -3.79. The zero-order valence-electron chi connectivity index (χ0n) is 23.3. The molecule has 2 aliphatic heterocycles. The molecule has 1 amide bonds. The summed E-state index contributed by atoms with van der Waals surface area (Å²) in [6.07, 6.45) is 5.22. The number of carbonyl (C=O) groups excluding carboxylic acids is 1. The van der Waals surface area contributed by atoms with E-state index in [1.54, 1.807) is 36.5 Å². The highest BCUT2D eigenvalue weighted by Crippen LogP contribution is 2.33. The van der Waals surface area contributed by atoms with Crippen LogP contribution in [-0.4, -0.2) is 65.4 Å². The molecule has 0 unspecified atom stereocenters. The summed E-state index contributed by atoms with van der Waals surface area (Å²) >= 11 is 0. The number of aliphatic hydroxyl groups excluding tert-OH is 1. The lowest BCUT2D eigenvalue weighted by atomic mass is 10.0. The van der Waals surface area contributed by atoms with Crippen LogP contribution in [0.4, 0.5) is 11.4 Å². The molecule has 0 saturated carbocycles. The van der Waals surface area contributed by atoms with Crippen molar-refractivity contribution in [1.29, 1.82) is 0 Å². The maximum atomic E-state index is 13.5. The number of rotatable bonds is 9. The fourth-order valence-electron chi connectivity index (χ4n) is 4.86. The lowest BCUT2D eigenvalue weighted by molar-refractivity contribution is -0.187. The summed E-state index contributed by atoms with van der Waals surface area (Å²) in [5.41, 5.74) is 16.5. The monoisotopic (exact) mass is 590 g/mol. The van der Waals surface area contributed by atoms with E-state index < -0.39 is 16.1 Å². The zero-order chi connectivity index (χ0) is 29.9. The van der Waals surface area contributed by atoms with Gasteiger partial charge in [0.2, 0.25) is 10.0 Å². The largest absolute Gasteiger partial charge is 0.399 e. The molecule has 220 valence electrons. The Morgan fingerprint density at radius 3 is 2.62 bits per heavy atom. The molecule has 42 heavy (non-hydrogen) atoms. The highest BCUT2D eigenvalue weighted by molar-refractivity contribution is 7.89. The predicted octanol–water partition coefficient (Wildman–Crippen LogP) is 3.23. The average Bonchev–Trinajstić information content (AvgIpc) is 3.35.